The molecule has 90 valence electrons. The molecule has 0 fully saturated rings. The van der Waals surface area contributed by atoms with Crippen LogP contribution in [0.1, 0.15) is 23.2 Å². The van der Waals surface area contributed by atoms with E-state index in [2.05, 4.69) is 4.98 Å². The fourth-order valence-corrected chi connectivity index (χ4v) is 1.14. The molecule has 0 aliphatic rings. The third kappa shape index (κ3) is 2.38. The molecular weight excluding hydrogens is 235 g/mol. The van der Waals surface area contributed by atoms with E-state index in [4.69, 9.17) is 10.8 Å². The summed E-state index contributed by atoms with van der Waals surface area (Å²) in [5, 5.41) is 8.68. The van der Waals surface area contributed by atoms with Gasteiger partial charge < -0.3 is 10.8 Å². The molecule has 0 saturated carbocycles. The summed E-state index contributed by atoms with van der Waals surface area (Å²) in [4.78, 5) is 3.09. The maximum Gasteiger partial charge on any atom is 0.416 e. The van der Waals surface area contributed by atoms with Crippen LogP contribution in [0.4, 0.5) is 27.8 Å². The first kappa shape index (κ1) is 12.6. The van der Waals surface area contributed by atoms with Gasteiger partial charge in [0, 0.05) is 5.56 Å². The van der Waals surface area contributed by atoms with Gasteiger partial charge in [0.15, 0.2) is 0 Å². The topological polar surface area (TPSA) is 59.1 Å². The van der Waals surface area contributed by atoms with Gasteiger partial charge in [-0.25, -0.2) is 13.8 Å². The molecule has 16 heavy (non-hydrogen) atoms. The average Bonchev–Trinajstić information content (AvgIpc) is 2.14. The van der Waals surface area contributed by atoms with Crippen molar-refractivity contribution in [2.75, 3.05) is 5.73 Å². The molecule has 0 aliphatic heterocycles. The minimum absolute atomic E-state index is 0.187. The summed E-state index contributed by atoms with van der Waals surface area (Å²) in [6, 6.07) is 0.187. The molecule has 1 heterocycles. The van der Waals surface area contributed by atoms with Crippen LogP contribution in [0.3, 0.4) is 0 Å². The third-order valence-electron chi connectivity index (χ3n) is 1.86. The fraction of sp³-hybridized carbons (Fsp3) is 0.375. The molecule has 0 saturated heterocycles. The van der Waals surface area contributed by atoms with Gasteiger partial charge in [-0.05, 0) is 6.07 Å². The molecule has 0 aliphatic carbocycles. The molecule has 0 aromatic carbocycles. The Morgan fingerprint density at radius 2 is 1.94 bits per heavy atom. The van der Waals surface area contributed by atoms with E-state index in [0.717, 1.165) is 0 Å². The summed E-state index contributed by atoms with van der Waals surface area (Å²) < 4.78 is 61.7. The van der Waals surface area contributed by atoms with Gasteiger partial charge in [-0.15, -0.1) is 0 Å². The number of halogens is 5. The van der Waals surface area contributed by atoms with E-state index in [1.165, 1.54) is 0 Å². The number of anilines is 1. The van der Waals surface area contributed by atoms with Crippen molar-refractivity contribution in [1.82, 2.24) is 4.98 Å². The molecule has 1 aromatic rings. The number of rotatable bonds is 2. The Hall–Kier alpha value is -1.44. The fourth-order valence-electron chi connectivity index (χ4n) is 1.14. The summed E-state index contributed by atoms with van der Waals surface area (Å²) in [6.45, 7) is -1.02. The van der Waals surface area contributed by atoms with Crippen LogP contribution < -0.4 is 5.73 Å². The molecule has 0 amide bonds. The number of pyridine rings is 1. The smallest absolute Gasteiger partial charge is 0.392 e. The molecule has 3 N–H and O–H groups in total. The van der Waals surface area contributed by atoms with E-state index in [-0.39, 0.29) is 6.07 Å². The highest BCUT2D eigenvalue weighted by Crippen LogP contribution is 2.35. The summed E-state index contributed by atoms with van der Waals surface area (Å²) in [7, 11) is 0. The highest BCUT2D eigenvalue weighted by Gasteiger charge is 2.35. The highest BCUT2D eigenvalue weighted by atomic mass is 19.4. The second-order valence-electron chi connectivity index (χ2n) is 2.92. The quantitative estimate of drug-likeness (QED) is 0.781. The maximum absolute atomic E-state index is 12.4. The number of hydrogen-bond donors (Lipinski definition) is 2. The van der Waals surface area contributed by atoms with E-state index in [9.17, 15) is 22.0 Å². The Morgan fingerprint density at radius 1 is 1.38 bits per heavy atom. The van der Waals surface area contributed by atoms with E-state index >= 15 is 0 Å². The molecule has 8 heteroatoms. The number of nitrogen functional groups attached to an aromatic ring is 1. The van der Waals surface area contributed by atoms with Crippen molar-refractivity contribution in [1.29, 1.82) is 0 Å². The van der Waals surface area contributed by atoms with Gasteiger partial charge in [-0.2, -0.15) is 13.2 Å². The van der Waals surface area contributed by atoms with E-state index in [0.29, 0.717) is 0 Å². The predicted octanol–water partition coefficient (Wildman–Crippen LogP) is 2.11. The zero-order valence-corrected chi connectivity index (χ0v) is 7.72. The van der Waals surface area contributed by atoms with Crippen LogP contribution in [0.15, 0.2) is 6.07 Å². The number of nitrogens with two attached hydrogens (primary N) is 1. The number of nitrogens with zero attached hydrogens (tertiary/aromatic N) is 1. The second-order valence-corrected chi connectivity index (χ2v) is 2.92. The van der Waals surface area contributed by atoms with Gasteiger partial charge in [0.05, 0.1) is 12.2 Å². The van der Waals surface area contributed by atoms with Gasteiger partial charge in [0.2, 0.25) is 0 Å². The summed E-state index contributed by atoms with van der Waals surface area (Å²) in [5.74, 6) is -0.743. The number of aliphatic hydroxyl groups is 1. The zero-order chi connectivity index (χ0) is 12.5. The van der Waals surface area contributed by atoms with Crippen molar-refractivity contribution in [3.63, 3.8) is 0 Å². The lowest BCUT2D eigenvalue weighted by molar-refractivity contribution is -0.138. The molecule has 1 rings (SSSR count). The number of alkyl halides is 5. The Kier molecular flexibility index (Phi) is 3.32. The molecule has 0 radical (unpaired) electrons. The lowest BCUT2D eigenvalue weighted by Gasteiger charge is -2.14. The van der Waals surface area contributed by atoms with Gasteiger partial charge >= 0.3 is 6.18 Å². The highest BCUT2D eigenvalue weighted by molar-refractivity contribution is 5.47. The number of aromatic nitrogens is 1. The van der Waals surface area contributed by atoms with Crippen LogP contribution in [0.5, 0.6) is 0 Å². The second kappa shape index (κ2) is 4.20. The molecule has 0 bridgehead atoms. The van der Waals surface area contributed by atoms with E-state index in [1.807, 2.05) is 0 Å². The van der Waals surface area contributed by atoms with E-state index < -0.39 is 41.8 Å². The maximum atomic E-state index is 12.4. The minimum Gasteiger partial charge on any atom is -0.392 e. The van der Waals surface area contributed by atoms with Crippen LogP contribution in [0, 0.1) is 0 Å². The van der Waals surface area contributed by atoms with Gasteiger partial charge in [-0.1, -0.05) is 0 Å². The summed E-state index contributed by atoms with van der Waals surface area (Å²) in [6.07, 6.45) is -8.02. The number of aliphatic hydroxyl groups excluding tert-OH is 1. The van der Waals surface area contributed by atoms with E-state index in [1.54, 1.807) is 0 Å². The van der Waals surface area contributed by atoms with Crippen molar-refractivity contribution < 1.29 is 27.1 Å². The molecule has 0 unspecified atom stereocenters. The summed E-state index contributed by atoms with van der Waals surface area (Å²) in [5.41, 5.74) is 1.91. The van der Waals surface area contributed by atoms with Gasteiger partial charge in [-0.3, -0.25) is 0 Å². The lowest BCUT2D eigenvalue weighted by atomic mass is 10.1. The average molecular weight is 242 g/mol. The van der Waals surface area contributed by atoms with Crippen molar-refractivity contribution >= 4 is 5.82 Å². The van der Waals surface area contributed by atoms with Crippen molar-refractivity contribution in [2.45, 2.75) is 19.2 Å². The van der Waals surface area contributed by atoms with Crippen molar-refractivity contribution in [3.8, 4) is 0 Å². The van der Waals surface area contributed by atoms with Crippen LogP contribution in [0.2, 0.25) is 0 Å². The SMILES string of the molecule is Nc1nc(C(F)F)cc(C(F)(F)F)c1CO. The van der Waals surface area contributed by atoms with Crippen LogP contribution >= 0.6 is 0 Å². The van der Waals surface area contributed by atoms with Crippen molar-refractivity contribution in [2.24, 2.45) is 0 Å². The first-order valence-corrected chi connectivity index (χ1v) is 4.03. The standard InChI is InChI=1S/C8H7F5N2O/c9-6(10)5-1-4(8(11,12)13)3(2-16)7(14)15-5/h1,6,16H,2H2,(H2,14,15). The molecular formula is C8H7F5N2O. The Balaban J connectivity index is 3.43. The Morgan fingerprint density at radius 3 is 2.31 bits per heavy atom. The van der Waals surface area contributed by atoms with Crippen molar-refractivity contribution in [3.05, 3.63) is 22.9 Å². The normalized spacial score (nSPS) is 12.2. The van der Waals surface area contributed by atoms with Gasteiger partial charge in [0.1, 0.15) is 11.5 Å². The third-order valence-corrected chi connectivity index (χ3v) is 1.86. The predicted molar refractivity (Wildman–Crippen MR) is 44.5 cm³/mol. The molecule has 0 atom stereocenters. The zero-order valence-electron chi connectivity index (χ0n) is 7.72. The summed E-state index contributed by atoms with van der Waals surface area (Å²) >= 11 is 0. The molecule has 3 nitrogen and oxygen atoms in total. The monoisotopic (exact) mass is 242 g/mol. The van der Waals surface area contributed by atoms with Gasteiger partial charge in [0.25, 0.3) is 6.43 Å². The Labute approximate surface area is 86.7 Å². The molecule has 1 aromatic heterocycles. The van der Waals surface area contributed by atoms with Crippen LogP contribution in [-0.4, -0.2) is 10.1 Å². The first-order valence-electron chi connectivity index (χ1n) is 4.03. The molecule has 0 spiro atoms. The first-order chi connectivity index (χ1) is 7.27. The number of hydrogen-bond acceptors (Lipinski definition) is 3. The Bertz CT molecular complexity index is 391. The van der Waals surface area contributed by atoms with Crippen LogP contribution in [0.25, 0.3) is 0 Å². The lowest BCUT2D eigenvalue weighted by Crippen LogP contribution is -2.14. The largest absolute Gasteiger partial charge is 0.416 e. The van der Waals surface area contributed by atoms with Crippen LogP contribution in [-0.2, 0) is 12.8 Å². The minimum atomic E-state index is -4.86.